The molecule has 5 nitrogen and oxygen atoms in total. The van der Waals surface area contributed by atoms with Crippen LogP contribution < -0.4 is 0 Å². The van der Waals surface area contributed by atoms with E-state index in [1.807, 2.05) is 11.1 Å². The number of amides is 1. The number of carbonyl (C=O) groups is 1. The fraction of sp³-hybridized carbons (Fsp3) is 0.500. The minimum atomic E-state index is -0.139. The van der Waals surface area contributed by atoms with Gasteiger partial charge in [0.15, 0.2) is 0 Å². The smallest absolute Gasteiger partial charge is 0.410 e. The van der Waals surface area contributed by atoms with E-state index in [2.05, 4.69) is 48.2 Å². The van der Waals surface area contributed by atoms with Crippen LogP contribution in [-0.4, -0.2) is 59.7 Å². The van der Waals surface area contributed by atoms with Gasteiger partial charge in [-0.1, -0.05) is 6.07 Å². The highest BCUT2D eigenvalue weighted by atomic mass is 16.6. The van der Waals surface area contributed by atoms with Gasteiger partial charge in [0.2, 0.25) is 0 Å². The van der Waals surface area contributed by atoms with E-state index in [-0.39, 0.29) is 12.1 Å². The maximum atomic E-state index is 12.1. The van der Waals surface area contributed by atoms with Crippen LogP contribution in [0.2, 0.25) is 0 Å². The molecular formula is C18H23N3O2. The molecule has 1 atom stereocenters. The quantitative estimate of drug-likeness (QED) is 0.944. The van der Waals surface area contributed by atoms with Crippen LogP contribution in [0.1, 0.15) is 18.4 Å². The molecule has 1 saturated heterocycles. The van der Waals surface area contributed by atoms with Gasteiger partial charge in [-0.2, -0.15) is 0 Å². The molecule has 0 unspecified atom stereocenters. The van der Waals surface area contributed by atoms with Gasteiger partial charge in [-0.3, -0.25) is 4.90 Å². The fourth-order valence-electron chi connectivity index (χ4n) is 3.79. The van der Waals surface area contributed by atoms with Crippen LogP contribution >= 0.6 is 0 Å². The van der Waals surface area contributed by atoms with Gasteiger partial charge in [-0.25, -0.2) is 4.79 Å². The van der Waals surface area contributed by atoms with Crippen molar-refractivity contribution in [3.63, 3.8) is 0 Å². The highest BCUT2D eigenvalue weighted by Crippen LogP contribution is 2.33. The number of rotatable bonds is 4. The van der Waals surface area contributed by atoms with E-state index in [9.17, 15) is 4.79 Å². The zero-order chi connectivity index (χ0) is 16.0. The monoisotopic (exact) mass is 313 g/mol. The van der Waals surface area contributed by atoms with Gasteiger partial charge < -0.3 is 14.6 Å². The van der Waals surface area contributed by atoms with Crippen LogP contribution in [0.3, 0.4) is 0 Å². The summed E-state index contributed by atoms with van der Waals surface area (Å²) in [5.74, 6) is 0. The van der Waals surface area contributed by atoms with E-state index < -0.39 is 0 Å². The number of carbonyl (C=O) groups excluding carboxylic acids is 1. The molecule has 5 heteroatoms. The van der Waals surface area contributed by atoms with E-state index in [1.54, 1.807) is 0 Å². The summed E-state index contributed by atoms with van der Waals surface area (Å²) >= 11 is 0. The lowest BCUT2D eigenvalue weighted by Gasteiger charge is -2.44. The first kappa shape index (κ1) is 14.6. The van der Waals surface area contributed by atoms with Crippen LogP contribution in [0.4, 0.5) is 4.79 Å². The standard InChI is InChI=1S/C18H23N3O2/c1-20(2)14-9-15(10-14)21-16(11-23-18(21)22)8-12-3-4-17-13(7-12)5-6-19-17/h3-7,14-16,19H,8-11H2,1-2H3/t14?,15?,16-/m0/s1. The second-order valence-corrected chi connectivity index (χ2v) is 6.98. The third kappa shape index (κ3) is 2.59. The highest BCUT2D eigenvalue weighted by molar-refractivity contribution is 5.80. The number of aromatic amines is 1. The number of aromatic nitrogens is 1. The second kappa shape index (κ2) is 5.57. The number of hydrogen-bond acceptors (Lipinski definition) is 3. The maximum Gasteiger partial charge on any atom is 0.410 e. The molecule has 122 valence electrons. The van der Waals surface area contributed by atoms with Gasteiger partial charge in [-0.05, 0) is 62.5 Å². The van der Waals surface area contributed by atoms with Crippen LogP contribution in [0, 0.1) is 0 Å². The molecule has 23 heavy (non-hydrogen) atoms. The average molecular weight is 313 g/mol. The van der Waals surface area contributed by atoms with Crippen molar-refractivity contribution in [2.75, 3.05) is 20.7 Å². The molecule has 1 aromatic carbocycles. The Morgan fingerprint density at radius 3 is 2.91 bits per heavy atom. The predicted octanol–water partition coefficient (Wildman–Crippen LogP) is 2.62. The fourth-order valence-corrected chi connectivity index (χ4v) is 3.79. The Morgan fingerprint density at radius 2 is 2.13 bits per heavy atom. The summed E-state index contributed by atoms with van der Waals surface area (Å²) in [7, 11) is 4.21. The second-order valence-electron chi connectivity index (χ2n) is 6.98. The third-order valence-electron chi connectivity index (χ3n) is 5.30. The molecule has 2 fully saturated rings. The number of hydrogen-bond donors (Lipinski definition) is 1. The van der Waals surface area contributed by atoms with Gasteiger partial charge in [0.1, 0.15) is 6.61 Å². The molecule has 0 bridgehead atoms. The summed E-state index contributed by atoms with van der Waals surface area (Å²) in [6.07, 6.45) is 4.78. The van der Waals surface area contributed by atoms with E-state index >= 15 is 0 Å². The average Bonchev–Trinajstić information content (AvgIpc) is 3.06. The van der Waals surface area contributed by atoms with Crippen LogP contribution in [0.15, 0.2) is 30.5 Å². The molecule has 1 amide bonds. The minimum Gasteiger partial charge on any atom is -0.447 e. The van der Waals surface area contributed by atoms with E-state index in [1.165, 1.54) is 10.9 Å². The topological polar surface area (TPSA) is 48.6 Å². The molecular weight excluding hydrogens is 290 g/mol. The molecule has 0 spiro atoms. The number of fused-ring (bicyclic) bond motifs is 1. The molecule has 1 aliphatic heterocycles. The lowest BCUT2D eigenvalue weighted by molar-refractivity contribution is 0.0615. The number of benzene rings is 1. The van der Waals surface area contributed by atoms with Crippen molar-refractivity contribution in [3.8, 4) is 0 Å². The molecule has 1 aromatic heterocycles. The Balaban J connectivity index is 1.48. The zero-order valence-corrected chi connectivity index (χ0v) is 13.7. The normalized spacial score (nSPS) is 27.5. The lowest BCUT2D eigenvalue weighted by Crippen LogP contribution is -2.55. The SMILES string of the molecule is CN(C)C1CC(N2C(=O)OC[C@@H]2Cc2ccc3[nH]ccc3c2)C1. The first-order chi connectivity index (χ1) is 11.1. The molecule has 1 aliphatic carbocycles. The third-order valence-corrected chi connectivity index (χ3v) is 5.30. The van der Waals surface area contributed by atoms with Crippen LogP contribution in [0.5, 0.6) is 0 Å². The van der Waals surface area contributed by atoms with Crippen molar-refractivity contribution in [1.29, 1.82) is 0 Å². The maximum absolute atomic E-state index is 12.1. The van der Waals surface area contributed by atoms with E-state index in [4.69, 9.17) is 4.74 Å². The summed E-state index contributed by atoms with van der Waals surface area (Å²) in [5, 5.41) is 1.22. The summed E-state index contributed by atoms with van der Waals surface area (Å²) in [4.78, 5) is 19.6. The number of H-pyrrole nitrogens is 1. The van der Waals surface area contributed by atoms with E-state index in [0.717, 1.165) is 24.8 Å². The zero-order valence-electron chi connectivity index (χ0n) is 13.7. The lowest BCUT2D eigenvalue weighted by atomic mass is 9.84. The Hall–Kier alpha value is -2.01. The molecule has 1 N–H and O–H groups in total. The Labute approximate surface area is 136 Å². The minimum absolute atomic E-state index is 0.139. The molecule has 1 saturated carbocycles. The number of ether oxygens (including phenoxy) is 1. The Morgan fingerprint density at radius 1 is 1.30 bits per heavy atom. The molecule has 0 radical (unpaired) electrons. The molecule has 2 heterocycles. The van der Waals surface area contributed by atoms with Gasteiger partial charge in [0.25, 0.3) is 0 Å². The number of cyclic esters (lactones) is 1. The predicted molar refractivity (Wildman–Crippen MR) is 89.5 cm³/mol. The highest BCUT2D eigenvalue weighted by Gasteiger charge is 2.44. The molecule has 2 aliphatic rings. The summed E-state index contributed by atoms with van der Waals surface area (Å²) in [6, 6.07) is 9.62. The van der Waals surface area contributed by atoms with Gasteiger partial charge in [-0.15, -0.1) is 0 Å². The number of nitrogens with zero attached hydrogens (tertiary/aromatic N) is 2. The number of nitrogens with one attached hydrogen (secondary N) is 1. The summed E-state index contributed by atoms with van der Waals surface area (Å²) in [5.41, 5.74) is 2.41. The Kier molecular flexibility index (Phi) is 3.53. The first-order valence-corrected chi connectivity index (χ1v) is 8.29. The molecule has 2 aromatic rings. The van der Waals surface area contributed by atoms with Crippen molar-refractivity contribution in [1.82, 2.24) is 14.8 Å². The molecule has 4 rings (SSSR count). The van der Waals surface area contributed by atoms with Crippen molar-refractivity contribution in [2.45, 2.75) is 37.4 Å². The summed E-state index contributed by atoms with van der Waals surface area (Å²) in [6.45, 7) is 0.507. The van der Waals surface area contributed by atoms with Crippen molar-refractivity contribution >= 4 is 17.0 Å². The van der Waals surface area contributed by atoms with Gasteiger partial charge in [0, 0.05) is 23.8 Å². The van der Waals surface area contributed by atoms with E-state index in [0.29, 0.717) is 18.7 Å². The van der Waals surface area contributed by atoms with Crippen molar-refractivity contribution in [2.24, 2.45) is 0 Å². The summed E-state index contributed by atoms with van der Waals surface area (Å²) < 4.78 is 5.34. The van der Waals surface area contributed by atoms with Crippen LogP contribution in [0.25, 0.3) is 10.9 Å². The van der Waals surface area contributed by atoms with Gasteiger partial charge in [0.05, 0.1) is 6.04 Å². The van der Waals surface area contributed by atoms with Crippen molar-refractivity contribution < 1.29 is 9.53 Å². The van der Waals surface area contributed by atoms with Crippen LogP contribution in [-0.2, 0) is 11.2 Å². The Bertz CT molecular complexity index is 718. The first-order valence-electron chi connectivity index (χ1n) is 8.29. The van der Waals surface area contributed by atoms with Gasteiger partial charge >= 0.3 is 6.09 Å². The largest absolute Gasteiger partial charge is 0.447 e. The van der Waals surface area contributed by atoms with Crippen molar-refractivity contribution in [3.05, 3.63) is 36.0 Å².